The van der Waals surface area contributed by atoms with Crippen molar-refractivity contribution in [3.05, 3.63) is 29.8 Å². The number of benzene rings is 1. The third-order valence-corrected chi connectivity index (χ3v) is 2.26. The predicted octanol–water partition coefficient (Wildman–Crippen LogP) is 2.14. The van der Waals surface area contributed by atoms with Gasteiger partial charge >= 0.3 is 6.09 Å². The third-order valence-electron chi connectivity index (χ3n) is 2.26. The molecule has 0 spiro atoms. The molecular formula is C13H14N2O3. The van der Waals surface area contributed by atoms with Crippen molar-refractivity contribution in [1.29, 1.82) is 5.26 Å². The van der Waals surface area contributed by atoms with E-state index in [0.717, 1.165) is 5.56 Å². The summed E-state index contributed by atoms with van der Waals surface area (Å²) in [5.41, 5.74) is 1.47. The second-order valence-corrected chi connectivity index (χ2v) is 3.62. The molecule has 0 saturated carbocycles. The van der Waals surface area contributed by atoms with Crippen LogP contribution in [0.1, 0.15) is 12.5 Å². The number of rotatable bonds is 5. The van der Waals surface area contributed by atoms with Gasteiger partial charge in [-0.1, -0.05) is 12.1 Å². The second-order valence-electron chi connectivity index (χ2n) is 3.62. The van der Waals surface area contributed by atoms with Gasteiger partial charge in [-0.3, -0.25) is 5.32 Å². The lowest BCUT2D eigenvalue weighted by molar-refractivity contribution is -0.109. The highest BCUT2D eigenvalue weighted by molar-refractivity contribution is 5.84. The van der Waals surface area contributed by atoms with Crippen molar-refractivity contribution in [1.82, 2.24) is 0 Å². The van der Waals surface area contributed by atoms with Crippen LogP contribution in [0.25, 0.3) is 0 Å². The number of aldehydes is 1. The number of ether oxygens (including phenoxy) is 1. The van der Waals surface area contributed by atoms with Crippen molar-refractivity contribution < 1.29 is 14.3 Å². The minimum absolute atomic E-state index is 0.313. The maximum atomic E-state index is 11.1. The molecule has 5 heteroatoms. The van der Waals surface area contributed by atoms with Gasteiger partial charge < -0.3 is 9.53 Å². The Balaban J connectivity index is 2.60. The molecule has 0 aliphatic rings. The molecule has 0 aliphatic heterocycles. The van der Waals surface area contributed by atoms with E-state index in [1.807, 2.05) is 6.07 Å². The summed E-state index contributed by atoms with van der Waals surface area (Å²) < 4.78 is 4.74. The summed E-state index contributed by atoms with van der Waals surface area (Å²) >= 11 is 0. The topological polar surface area (TPSA) is 79.2 Å². The van der Waals surface area contributed by atoms with E-state index < -0.39 is 12.0 Å². The molecule has 0 saturated heterocycles. The van der Waals surface area contributed by atoms with Crippen LogP contribution in [0.3, 0.4) is 0 Å². The molecule has 1 rings (SSSR count). The summed E-state index contributed by atoms with van der Waals surface area (Å²) in [6, 6.07) is 8.82. The summed E-state index contributed by atoms with van der Waals surface area (Å²) in [4.78, 5) is 21.7. The number of nitriles is 1. The number of hydrogen-bond acceptors (Lipinski definition) is 4. The van der Waals surface area contributed by atoms with Gasteiger partial charge in [0.1, 0.15) is 12.2 Å². The van der Waals surface area contributed by atoms with Gasteiger partial charge in [-0.2, -0.15) is 5.26 Å². The van der Waals surface area contributed by atoms with Crippen LogP contribution < -0.4 is 5.32 Å². The molecule has 1 amide bonds. The Labute approximate surface area is 105 Å². The van der Waals surface area contributed by atoms with Crippen LogP contribution in [0.5, 0.6) is 0 Å². The first-order valence-electron chi connectivity index (χ1n) is 5.57. The van der Waals surface area contributed by atoms with Crippen LogP contribution in [0, 0.1) is 17.2 Å². The highest BCUT2D eigenvalue weighted by Crippen LogP contribution is 2.12. The molecule has 0 bridgehead atoms. The first kappa shape index (κ1) is 13.7. The Bertz CT molecular complexity index is 448. The molecule has 1 N–H and O–H groups in total. The SMILES string of the molecule is CCOC(=O)Nc1ccc(CC(C#N)C=O)cc1. The first-order valence-corrected chi connectivity index (χ1v) is 5.57. The zero-order chi connectivity index (χ0) is 13.4. The molecule has 0 aromatic heterocycles. The van der Waals surface area contributed by atoms with Crippen molar-refractivity contribution in [2.24, 2.45) is 5.92 Å². The monoisotopic (exact) mass is 246 g/mol. The Morgan fingerprint density at radius 2 is 2.17 bits per heavy atom. The van der Waals surface area contributed by atoms with Gasteiger partial charge in [0.05, 0.1) is 12.7 Å². The second kappa shape index (κ2) is 7.07. The summed E-state index contributed by atoms with van der Waals surface area (Å²) in [6.45, 7) is 2.04. The molecule has 0 heterocycles. The Morgan fingerprint density at radius 1 is 1.50 bits per heavy atom. The molecule has 5 nitrogen and oxygen atoms in total. The number of carbonyl (C=O) groups excluding carboxylic acids is 2. The van der Waals surface area contributed by atoms with E-state index in [1.54, 1.807) is 31.2 Å². The lowest BCUT2D eigenvalue weighted by atomic mass is 10.0. The van der Waals surface area contributed by atoms with Crippen LogP contribution >= 0.6 is 0 Å². The van der Waals surface area contributed by atoms with Gasteiger partial charge in [-0.15, -0.1) is 0 Å². The van der Waals surface area contributed by atoms with E-state index in [2.05, 4.69) is 5.32 Å². The summed E-state index contributed by atoms with van der Waals surface area (Å²) in [7, 11) is 0. The van der Waals surface area contributed by atoms with Crippen LogP contribution in [0.4, 0.5) is 10.5 Å². The number of hydrogen-bond donors (Lipinski definition) is 1. The Kier molecular flexibility index (Phi) is 5.39. The highest BCUT2D eigenvalue weighted by atomic mass is 16.5. The smallest absolute Gasteiger partial charge is 0.411 e. The number of nitrogens with zero attached hydrogens (tertiary/aromatic N) is 1. The Morgan fingerprint density at radius 3 is 2.67 bits per heavy atom. The Hall–Kier alpha value is -2.35. The van der Waals surface area contributed by atoms with Gasteiger partial charge in [-0.05, 0) is 31.0 Å². The van der Waals surface area contributed by atoms with Crippen molar-refractivity contribution in [3.63, 3.8) is 0 Å². The van der Waals surface area contributed by atoms with Crippen LogP contribution in [-0.2, 0) is 16.0 Å². The minimum Gasteiger partial charge on any atom is -0.450 e. The molecule has 18 heavy (non-hydrogen) atoms. The molecule has 0 radical (unpaired) electrons. The van der Waals surface area contributed by atoms with Gasteiger partial charge in [0.25, 0.3) is 0 Å². The largest absolute Gasteiger partial charge is 0.450 e. The normalized spacial score (nSPS) is 11.1. The fourth-order valence-electron chi connectivity index (χ4n) is 1.39. The van der Waals surface area contributed by atoms with Crippen LogP contribution in [-0.4, -0.2) is 19.0 Å². The van der Waals surface area contributed by atoms with Crippen LogP contribution in [0.15, 0.2) is 24.3 Å². The zero-order valence-corrected chi connectivity index (χ0v) is 10.1. The first-order chi connectivity index (χ1) is 8.69. The quantitative estimate of drug-likeness (QED) is 0.807. The fourth-order valence-corrected chi connectivity index (χ4v) is 1.39. The van der Waals surface area contributed by atoms with E-state index in [0.29, 0.717) is 25.0 Å². The molecule has 0 fully saturated rings. The van der Waals surface area contributed by atoms with Gasteiger partial charge in [-0.25, -0.2) is 4.79 Å². The number of carbonyl (C=O) groups is 2. The summed E-state index contributed by atoms with van der Waals surface area (Å²) in [6.07, 6.45) is 0.498. The predicted molar refractivity (Wildman–Crippen MR) is 66.0 cm³/mol. The van der Waals surface area contributed by atoms with Crippen molar-refractivity contribution in [2.45, 2.75) is 13.3 Å². The van der Waals surface area contributed by atoms with Crippen molar-refractivity contribution in [3.8, 4) is 6.07 Å². The van der Waals surface area contributed by atoms with E-state index in [1.165, 1.54) is 0 Å². The number of nitrogens with one attached hydrogen (secondary N) is 1. The molecule has 1 unspecified atom stereocenters. The average molecular weight is 246 g/mol. The molecule has 0 aliphatic carbocycles. The molecular weight excluding hydrogens is 232 g/mol. The van der Waals surface area contributed by atoms with E-state index in [4.69, 9.17) is 10.00 Å². The zero-order valence-electron chi connectivity index (χ0n) is 10.1. The molecule has 1 atom stereocenters. The standard InChI is InChI=1S/C13H14N2O3/c1-2-18-13(17)15-12-5-3-10(4-6-12)7-11(8-14)9-16/h3-6,9,11H,2,7H2,1H3,(H,15,17). The fraction of sp³-hybridized carbons (Fsp3) is 0.308. The van der Waals surface area contributed by atoms with E-state index >= 15 is 0 Å². The lowest BCUT2D eigenvalue weighted by Gasteiger charge is -2.06. The maximum Gasteiger partial charge on any atom is 0.411 e. The summed E-state index contributed by atoms with van der Waals surface area (Å²) in [5.74, 6) is -0.631. The van der Waals surface area contributed by atoms with E-state index in [-0.39, 0.29) is 0 Å². The van der Waals surface area contributed by atoms with Crippen molar-refractivity contribution >= 4 is 18.1 Å². The number of amides is 1. The maximum absolute atomic E-state index is 11.1. The molecule has 1 aromatic carbocycles. The van der Waals surface area contributed by atoms with E-state index in [9.17, 15) is 9.59 Å². The average Bonchev–Trinajstić information content (AvgIpc) is 2.38. The van der Waals surface area contributed by atoms with Gasteiger partial charge in [0.2, 0.25) is 0 Å². The number of anilines is 1. The molecule has 1 aromatic rings. The highest BCUT2D eigenvalue weighted by Gasteiger charge is 2.07. The lowest BCUT2D eigenvalue weighted by Crippen LogP contribution is -2.13. The van der Waals surface area contributed by atoms with Gasteiger partial charge in [0, 0.05) is 5.69 Å². The summed E-state index contributed by atoms with van der Waals surface area (Å²) in [5, 5.41) is 11.2. The minimum atomic E-state index is -0.631. The van der Waals surface area contributed by atoms with Crippen LogP contribution in [0.2, 0.25) is 0 Å². The third kappa shape index (κ3) is 4.26. The molecule has 94 valence electrons. The van der Waals surface area contributed by atoms with Crippen molar-refractivity contribution in [2.75, 3.05) is 11.9 Å². The van der Waals surface area contributed by atoms with Gasteiger partial charge in [0.15, 0.2) is 0 Å².